The third-order valence-electron chi connectivity index (χ3n) is 4.87. The standard InChI is InChI=1S/C20H20N4O2/c1-13-18(15-6-2-3-7-16(15)22-13)20(26)24-11-9-14(12-24)19(25)23-17-8-4-5-10-21-17/h2-8,10,14,22H,9,11-12H2,1H3,(H,21,23,25). The summed E-state index contributed by atoms with van der Waals surface area (Å²) < 4.78 is 0. The molecule has 1 saturated heterocycles. The van der Waals surface area contributed by atoms with Gasteiger partial charge in [-0.3, -0.25) is 9.59 Å². The summed E-state index contributed by atoms with van der Waals surface area (Å²) in [6.07, 6.45) is 2.30. The highest BCUT2D eigenvalue weighted by atomic mass is 16.2. The van der Waals surface area contributed by atoms with Gasteiger partial charge in [-0.25, -0.2) is 4.98 Å². The Hall–Kier alpha value is -3.15. The Kier molecular flexibility index (Phi) is 4.16. The first-order valence-electron chi connectivity index (χ1n) is 8.72. The van der Waals surface area contributed by atoms with Gasteiger partial charge in [0.1, 0.15) is 5.82 Å². The largest absolute Gasteiger partial charge is 0.358 e. The van der Waals surface area contributed by atoms with Crippen LogP contribution in [0.1, 0.15) is 22.5 Å². The highest BCUT2D eigenvalue weighted by Gasteiger charge is 2.33. The number of aromatic nitrogens is 2. The molecule has 2 amide bonds. The van der Waals surface area contributed by atoms with Crippen molar-refractivity contribution in [3.05, 3.63) is 59.9 Å². The molecule has 1 aliphatic rings. The minimum Gasteiger partial charge on any atom is -0.358 e. The fraction of sp³-hybridized carbons (Fsp3) is 0.250. The zero-order valence-corrected chi connectivity index (χ0v) is 14.5. The molecule has 1 aromatic carbocycles. The van der Waals surface area contributed by atoms with E-state index in [2.05, 4.69) is 15.3 Å². The molecule has 4 rings (SSSR count). The van der Waals surface area contributed by atoms with Crippen LogP contribution in [0.4, 0.5) is 5.82 Å². The third-order valence-corrected chi connectivity index (χ3v) is 4.87. The van der Waals surface area contributed by atoms with Gasteiger partial charge in [0, 0.05) is 35.9 Å². The maximum absolute atomic E-state index is 13.0. The Morgan fingerprint density at radius 1 is 1.19 bits per heavy atom. The number of H-pyrrole nitrogens is 1. The summed E-state index contributed by atoms with van der Waals surface area (Å²) in [4.78, 5) is 34.6. The van der Waals surface area contributed by atoms with Gasteiger partial charge in [-0.1, -0.05) is 24.3 Å². The number of anilines is 1. The van der Waals surface area contributed by atoms with Crippen LogP contribution >= 0.6 is 0 Å². The van der Waals surface area contributed by atoms with E-state index in [9.17, 15) is 9.59 Å². The molecule has 1 fully saturated rings. The number of pyridine rings is 1. The van der Waals surface area contributed by atoms with Crippen LogP contribution in [0.25, 0.3) is 10.9 Å². The molecule has 0 saturated carbocycles. The van der Waals surface area contributed by atoms with Crippen LogP contribution in [0.3, 0.4) is 0 Å². The van der Waals surface area contributed by atoms with E-state index in [0.717, 1.165) is 16.6 Å². The van der Waals surface area contributed by atoms with Gasteiger partial charge in [0.2, 0.25) is 5.91 Å². The number of benzene rings is 1. The topological polar surface area (TPSA) is 78.1 Å². The van der Waals surface area contributed by atoms with E-state index in [1.54, 1.807) is 23.2 Å². The number of carbonyl (C=O) groups is 2. The van der Waals surface area contributed by atoms with Gasteiger partial charge >= 0.3 is 0 Å². The van der Waals surface area contributed by atoms with E-state index in [1.807, 2.05) is 37.3 Å². The number of fused-ring (bicyclic) bond motifs is 1. The van der Waals surface area contributed by atoms with Gasteiger partial charge in [0.05, 0.1) is 11.5 Å². The molecule has 6 nitrogen and oxygen atoms in total. The lowest BCUT2D eigenvalue weighted by Gasteiger charge is -2.17. The van der Waals surface area contributed by atoms with Gasteiger partial charge in [-0.05, 0) is 31.5 Å². The Bertz CT molecular complexity index is 964. The Morgan fingerprint density at radius 3 is 2.81 bits per heavy atom. The molecule has 1 atom stereocenters. The first-order valence-corrected chi connectivity index (χ1v) is 8.72. The van der Waals surface area contributed by atoms with E-state index in [-0.39, 0.29) is 17.7 Å². The molecule has 3 aromatic rings. The molecule has 1 aliphatic heterocycles. The number of nitrogens with one attached hydrogen (secondary N) is 2. The van der Waals surface area contributed by atoms with Crippen LogP contribution in [-0.4, -0.2) is 39.8 Å². The first kappa shape index (κ1) is 16.3. The highest BCUT2D eigenvalue weighted by molar-refractivity contribution is 6.08. The molecular weight excluding hydrogens is 328 g/mol. The molecule has 0 radical (unpaired) electrons. The number of aromatic amines is 1. The number of nitrogens with zero attached hydrogens (tertiary/aromatic N) is 2. The Balaban J connectivity index is 1.49. The lowest BCUT2D eigenvalue weighted by Crippen LogP contribution is -2.31. The van der Waals surface area contributed by atoms with E-state index in [4.69, 9.17) is 0 Å². The third kappa shape index (κ3) is 2.94. The van der Waals surface area contributed by atoms with E-state index in [0.29, 0.717) is 30.9 Å². The van der Waals surface area contributed by atoms with Crippen LogP contribution in [0, 0.1) is 12.8 Å². The van der Waals surface area contributed by atoms with Gasteiger partial charge < -0.3 is 15.2 Å². The van der Waals surface area contributed by atoms with Crippen LogP contribution < -0.4 is 5.32 Å². The predicted molar refractivity (Wildman–Crippen MR) is 99.9 cm³/mol. The number of para-hydroxylation sites is 1. The van der Waals surface area contributed by atoms with Crippen molar-refractivity contribution in [2.75, 3.05) is 18.4 Å². The molecule has 0 aliphatic carbocycles. The summed E-state index contributed by atoms with van der Waals surface area (Å²) in [5.41, 5.74) is 2.51. The summed E-state index contributed by atoms with van der Waals surface area (Å²) >= 11 is 0. The summed E-state index contributed by atoms with van der Waals surface area (Å²) in [5.74, 6) is 0.212. The smallest absolute Gasteiger partial charge is 0.256 e. The molecule has 6 heteroatoms. The number of likely N-dealkylation sites (tertiary alicyclic amines) is 1. The average molecular weight is 348 g/mol. The number of aryl methyl sites for hydroxylation is 1. The Morgan fingerprint density at radius 2 is 2.00 bits per heavy atom. The zero-order valence-electron chi connectivity index (χ0n) is 14.5. The molecule has 2 aromatic heterocycles. The van der Waals surface area contributed by atoms with Crippen molar-refractivity contribution in [1.82, 2.24) is 14.9 Å². The van der Waals surface area contributed by atoms with Crippen molar-refractivity contribution in [2.45, 2.75) is 13.3 Å². The van der Waals surface area contributed by atoms with Crippen molar-refractivity contribution in [3.8, 4) is 0 Å². The quantitative estimate of drug-likeness (QED) is 0.764. The van der Waals surface area contributed by atoms with Gasteiger partial charge in [-0.15, -0.1) is 0 Å². The van der Waals surface area contributed by atoms with Gasteiger partial charge in [0.15, 0.2) is 0 Å². The van der Waals surface area contributed by atoms with Gasteiger partial charge in [0.25, 0.3) is 5.91 Å². The molecule has 0 bridgehead atoms. The van der Waals surface area contributed by atoms with Crippen LogP contribution in [-0.2, 0) is 4.79 Å². The second-order valence-corrected chi connectivity index (χ2v) is 6.61. The second-order valence-electron chi connectivity index (χ2n) is 6.61. The van der Waals surface area contributed by atoms with E-state index >= 15 is 0 Å². The van der Waals surface area contributed by atoms with E-state index < -0.39 is 0 Å². The number of rotatable bonds is 3. The minimum absolute atomic E-state index is 0.0203. The highest BCUT2D eigenvalue weighted by Crippen LogP contribution is 2.26. The van der Waals surface area contributed by atoms with Crippen LogP contribution in [0.15, 0.2) is 48.7 Å². The monoisotopic (exact) mass is 348 g/mol. The maximum atomic E-state index is 13.0. The van der Waals surface area contributed by atoms with Crippen LogP contribution in [0.5, 0.6) is 0 Å². The number of amides is 2. The number of carbonyl (C=O) groups excluding carboxylic acids is 2. The molecule has 132 valence electrons. The van der Waals surface area contributed by atoms with Crippen molar-refractivity contribution in [1.29, 1.82) is 0 Å². The second kappa shape index (κ2) is 6.63. The molecule has 3 heterocycles. The Labute approximate surface area is 151 Å². The normalized spacial score (nSPS) is 16.8. The lowest BCUT2D eigenvalue weighted by molar-refractivity contribution is -0.119. The SMILES string of the molecule is Cc1[nH]c2ccccc2c1C(=O)N1CCC(C(=O)Nc2ccccn2)C1. The fourth-order valence-electron chi connectivity index (χ4n) is 3.53. The average Bonchev–Trinajstić information content (AvgIpc) is 3.26. The summed E-state index contributed by atoms with van der Waals surface area (Å²) in [6.45, 7) is 2.92. The lowest BCUT2D eigenvalue weighted by atomic mass is 10.1. The fourth-order valence-corrected chi connectivity index (χ4v) is 3.53. The molecule has 1 unspecified atom stereocenters. The predicted octanol–water partition coefficient (Wildman–Crippen LogP) is 2.97. The van der Waals surface area contributed by atoms with Crippen molar-refractivity contribution in [2.24, 2.45) is 5.92 Å². The zero-order chi connectivity index (χ0) is 18.1. The summed E-state index contributed by atoms with van der Waals surface area (Å²) in [7, 11) is 0. The molecule has 26 heavy (non-hydrogen) atoms. The van der Waals surface area contributed by atoms with Crippen LogP contribution in [0.2, 0.25) is 0 Å². The molecule has 2 N–H and O–H groups in total. The number of hydrogen-bond donors (Lipinski definition) is 2. The first-order chi connectivity index (χ1) is 12.6. The summed E-state index contributed by atoms with van der Waals surface area (Å²) in [5, 5.41) is 3.75. The van der Waals surface area contributed by atoms with Gasteiger partial charge in [-0.2, -0.15) is 0 Å². The van der Waals surface area contributed by atoms with Crippen molar-refractivity contribution in [3.63, 3.8) is 0 Å². The molecule has 0 spiro atoms. The number of hydrogen-bond acceptors (Lipinski definition) is 3. The molecular formula is C20H20N4O2. The van der Waals surface area contributed by atoms with Crippen molar-refractivity contribution >= 4 is 28.5 Å². The summed E-state index contributed by atoms with van der Waals surface area (Å²) in [6, 6.07) is 13.2. The van der Waals surface area contributed by atoms with E-state index in [1.165, 1.54) is 0 Å². The minimum atomic E-state index is -0.216. The van der Waals surface area contributed by atoms with Crippen molar-refractivity contribution < 1.29 is 9.59 Å². The maximum Gasteiger partial charge on any atom is 0.256 e.